The minimum atomic E-state index is -3.87. The number of nitrogens with zero attached hydrogens (tertiary/aromatic N) is 2. The van der Waals surface area contributed by atoms with Crippen molar-refractivity contribution < 1.29 is 18.0 Å². The molecule has 1 N–H and O–H groups in total. The molecule has 33 heavy (non-hydrogen) atoms. The van der Waals surface area contributed by atoms with Crippen LogP contribution in [0.25, 0.3) is 0 Å². The number of carbonyl (C=O) groups excluding carboxylic acids is 2. The van der Waals surface area contributed by atoms with Gasteiger partial charge in [0.25, 0.3) is 0 Å². The Bertz CT molecular complexity index is 1120. The van der Waals surface area contributed by atoms with E-state index in [9.17, 15) is 18.0 Å². The molecule has 0 saturated heterocycles. The summed E-state index contributed by atoms with van der Waals surface area (Å²) in [6.07, 6.45) is 0.991. The third-order valence-electron chi connectivity index (χ3n) is 4.89. The van der Waals surface area contributed by atoms with Gasteiger partial charge in [-0.15, -0.1) is 0 Å². The van der Waals surface area contributed by atoms with Crippen molar-refractivity contribution in [2.75, 3.05) is 17.1 Å². The summed E-state index contributed by atoms with van der Waals surface area (Å²) in [6.45, 7) is 6.81. The lowest BCUT2D eigenvalue weighted by Gasteiger charge is -2.32. The molecule has 2 amide bonds. The van der Waals surface area contributed by atoms with Crippen LogP contribution < -0.4 is 9.62 Å². The van der Waals surface area contributed by atoms with E-state index in [0.717, 1.165) is 21.7 Å². The molecule has 0 aromatic heterocycles. The van der Waals surface area contributed by atoms with Gasteiger partial charge in [0.2, 0.25) is 21.8 Å². The zero-order valence-electron chi connectivity index (χ0n) is 19.3. The Morgan fingerprint density at radius 1 is 1.06 bits per heavy atom. The lowest BCUT2D eigenvalue weighted by molar-refractivity contribution is -0.139. The molecule has 0 fully saturated rings. The summed E-state index contributed by atoms with van der Waals surface area (Å²) < 4.78 is 26.0. The van der Waals surface area contributed by atoms with E-state index in [2.05, 4.69) is 5.32 Å². The molecule has 10 heteroatoms. The molecule has 0 unspecified atom stereocenters. The molecular weight excluding hydrogens is 485 g/mol. The van der Waals surface area contributed by atoms with Crippen LogP contribution in [0, 0.1) is 6.92 Å². The Balaban J connectivity index is 2.42. The summed E-state index contributed by atoms with van der Waals surface area (Å²) in [5.74, 6) is -0.874. The first kappa shape index (κ1) is 27.0. The van der Waals surface area contributed by atoms with Gasteiger partial charge in [0.15, 0.2) is 0 Å². The van der Waals surface area contributed by atoms with Gasteiger partial charge < -0.3 is 10.2 Å². The molecule has 0 saturated carbocycles. The topological polar surface area (TPSA) is 86.8 Å². The number of hydrogen-bond acceptors (Lipinski definition) is 4. The van der Waals surface area contributed by atoms with Crippen molar-refractivity contribution in [3.05, 3.63) is 63.6 Å². The molecular formula is C23H29Cl2N3O4S. The van der Waals surface area contributed by atoms with Crippen LogP contribution >= 0.6 is 23.2 Å². The molecule has 2 aromatic carbocycles. The summed E-state index contributed by atoms with van der Waals surface area (Å²) >= 11 is 12.2. The largest absolute Gasteiger partial charge is 0.352 e. The van der Waals surface area contributed by atoms with Gasteiger partial charge in [-0.25, -0.2) is 8.42 Å². The monoisotopic (exact) mass is 513 g/mol. The smallest absolute Gasteiger partial charge is 0.244 e. The average molecular weight is 514 g/mol. The molecule has 0 aliphatic heterocycles. The lowest BCUT2D eigenvalue weighted by Crippen LogP contribution is -2.52. The second kappa shape index (κ2) is 11.2. The van der Waals surface area contributed by atoms with Crippen LogP contribution in [0.5, 0.6) is 0 Å². The Kier molecular flexibility index (Phi) is 9.17. The molecule has 180 valence electrons. The van der Waals surface area contributed by atoms with Crippen LogP contribution in [-0.2, 0) is 26.2 Å². The maximum atomic E-state index is 13.4. The number of rotatable bonds is 9. The zero-order chi connectivity index (χ0) is 24.9. The minimum Gasteiger partial charge on any atom is -0.352 e. The first-order valence-electron chi connectivity index (χ1n) is 10.4. The Hall–Kier alpha value is -2.29. The number of benzene rings is 2. The SMILES string of the molecule is Cc1cccc(CN(C(=O)CN(c2ccc(Cl)cc2Cl)S(C)(=O)=O)[C@@H](C)C(=O)NC(C)C)c1. The van der Waals surface area contributed by atoms with Crippen LogP contribution in [0.2, 0.25) is 10.0 Å². The quantitative estimate of drug-likeness (QED) is 0.548. The molecule has 0 aliphatic carbocycles. The van der Waals surface area contributed by atoms with E-state index in [1.807, 2.05) is 45.0 Å². The molecule has 0 bridgehead atoms. The van der Waals surface area contributed by atoms with E-state index in [-0.39, 0.29) is 29.2 Å². The van der Waals surface area contributed by atoms with Gasteiger partial charge in [-0.2, -0.15) is 0 Å². The van der Waals surface area contributed by atoms with Crippen molar-refractivity contribution in [3.63, 3.8) is 0 Å². The number of anilines is 1. The van der Waals surface area contributed by atoms with E-state index < -0.39 is 28.5 Å². The fraction of sp³-hybridized carbons (Fsp3) is 0.391. The highest BCUT2D eigenvalue weighted by atomic mass is 35.5. The van der Waals surface area contributed by atoms with E-state index >= 15 is 0 Å². The van der Waals surface area contributed by atoms with Gasteiger partial charge in [-0.3, -0.25) is 13.9 Å². The van der Waals surface area contributed by atoms with E-state index in [4.69, 9.17) is 23.2 Å². The number of sulfonamides is 1. The Morgan fingerprint density at radius 2 is 1.73 bits per heavy atom. The zero-order valence-corrected chi connectivity index (χ0v) is 21.6. The van der Waals surface area contributed by atoms with Gasteiger partial charge in [0, 0.05) is 17.6 Å². The van der Waals surface area contributed by atoms with Crippen LogP contribution in [-0.4, -0.2) is 50.0 Å². The Labute approximate surface area is 205 Å². The maximum absolute atomic E-state index is 13.4. The van der Waals surface area contributed by atoms with Gasteiger partial charge in [0.1, 0.15) is 12.6 Å². The molecule has 0 heterocycles. The van der Waals surface area contributed by atoms with Crippen molar-refractivity contribution >= 4 is 50.7 Å². The third kappa shape index (κ3) is 7.62. The van der Waals surface area contributed by atoms with Gasteiger partial charge in [-0.05, 0) is 51.5 Å². The van der Waals surface area contributed by atoms with Crippen LogP contribution in [0.4, 0.5) is 5.69 Å². The molecule has 0 aliphatic rings. The van der Waals surface area contributed by atoms with Crippen molar-refractivity contribution in [1.82, 2.24) is 10.2 Å². The number of carbonyl (C=O) groups is 2. The molecule has 0 spiro atoms. The van der Waals surface area contributed by atoms with Crippen molar-refractivity contribution in [3.8, 4) is 0 Å². The van der Waals surface area contributed by atoms with Crippen molar-refractivity contribution in [1.29, 1.82) is 0 Å². The predicted octanol–water partition coefficient (Wildman–Crippen LogP) is 4.01. The van der Waals surface area contributed by atoms with Crippen molar-refractivity contribution in [2.45, 2.75) is 46.3 Å². The second-order valence-corrected chi connectivity index (χ2v) is 11.0. The summed E-state index contributed by atoms with van der Waals surface area (Å²) in [5, 5.41) is 3.24. The normalized spacial score (nSPS) is 12.4. The van der Waals surface area contributed by atoms with Crippen LogP contribution in [0.15, 0.2) is 42.5 Å². The highest BCUT2D eigenvalue weighted by Crippen LogP contribution is 2.30. The lowest BCUT2D eigenvalue weighted by atomic mass is 10.1. The number of amides is 2. The van der Waals surface area contributed by atoms with Crippen molar-refractivity contribution in [2.24, 2.45) is 0 Å². The molecule has 0 radical (unpaired) electrons. The van der Waals surface area contributed by atoms with Crippen LogP contribution in [0.1, 0.15) is 31.9 Å². The third-order valence-corrected chi connectivity index (χ3v) is 6.56. The maximum Gasteiger partial charge on any atom is 0.244 e. The first-order valence-corrected chi connectivity index (χ1v) is 13.0. The van der Waals surface area contributed by atoms with E-state index in [1.54, 1.807) is 6.92 Å². The number of aryl methyl sites for hydroxylation is 1. The average Bonchev–Trinajstić information content (AvgIpc) is 2.69. The fourth-order valence-electron chi connectivity index (χ4n) is 3.27. The van der Waals surface area contributed by atoms with Gasteiger partial charge >= 0.3 is 0 Å². The molecule has 1 atom stereocenters. The second-order valence-electron chi connectivity index (χ2n) is 8.22. The summed E-state index contributed by atoms with van der Waals surface area (Å²) in [4.78, 5) is 27.5. The molecule has 7 nitrogen and oxygen atoms in total. The standard InChI is InChI=1S/C23H29Cl2N3O4S/c1-15(2)26-23(30)17(4)27(13-18-8-6-7-16(3)11-18)22(29)14-28(33(5,31)32)21-10-9-19(24)12-20(21)25/h6-12,15,17H,13-14H2,1-5H3,(H,26,30)/t17-/m0/s1. The van der Waals surface area contributed by atoms with Gasteiger partial charge in [-0.1, -0.05) is 53.0 Å². The first-order chi connectivity index (χ1) is 15.3. The van der Waals surface area contributed by atoms with E-state index in [1.165, 1.54) is 23.1 Å². The Morgan fingerprint density at radius 3 is 2.27 bits per heavy atom. The van der Waals surface area contributed by atoms with E-state index in [0.29, 0.717) is 5.02 Å². The molecule has 2 rings (SSSR count). The summed E-state index contributed by atoms with van der Waals surface area (Å²) in [6, 6.07) is 11.0. The summed E-state index contributed by atoms with van der Waals surface area (Å²) in [5.41, 5.74) is 1.96. The highest BCUT2D eigenvalue weighted by molar-refractivity contribution is 7.92. The minimum absolute atomic E-state index is 0.0940. The number of nitrogens with one attached hydrogen (secondary N) is 1. The predicted molar refractivity (Wildman–Crippen MR) is 133 cm³/mol. The number of halogens is 2. The van der Waals surface area contributed by atoms with Gasteiger partial charge in [0.05, 0.1) is 17.0 Å². The summed E-state index contributed by atoms with van der Waals surface area (Å²) in [7, 11) is -3.87. The van der Waals surface area contributed by atoms with Crippen LogP contribution in [0.3, 0.4) is 0 Å². The molecule has 2 aromatic rings. The fourth-order valence-corrected chi connectivity index (χ4v) is 4.70. The number of hydrogen-bond donors (Lipinski definition) is 1. The highest BCUT2D eigenvalue weighted by Gasteiger charge is 2.31.